The lowest BCUT2D eigenvalue weighted by molar-refractivity contribution is 0.588. The van der Waals surface area contributed by atoms with Crippen molar-refractivity contribution in [2.45, 2.75) is 11.8 Å². The summed E-state index contributed by atoms with van der Waals surface area (Å²) >= 11 is 11.6. The molecule has 0 bridgehead atoms. The van der Waals surface area contributed by atoms with Gasteiger partial charge in [0.15, 0.2) is 5.65 Å². The van der Waals surface area contributed by atoms with Crippen molar-refractivity contribution in [3.8, 4) is 0 Å². The fourth-order valence-electron chi connectivity index (χ4n) is 2.11. The third-order valence-corrected chi connectivity index (χ3v) is 8.01. The molecule has 2 heterocycles. The van der Waals surface area contributed by atoms with Gasteiger partial charge in [-0.15, -0.1) is 0 Å². The first-order valence-electron chi connectivity index (χ1n) is 6.16. The molecule has 114 valence electrons. The molecule has 22 heavy (non-hydrogen) atoms. The van der Waals surface area contributed by atoms with Crippen molar-refractivity contribution in [1.82, 2.24) is 8.96 Å². The quantitative estimate of drug-likeness (QED) is 0.473. The number of rotatable bonds is 2. The second kappa shape index (κ2) is 5.77. The van der Waals surface area contributed by atoms with Gasteiger partial charge in [0.25, 0.3) is 10.0 Å². The van der Waals surface area contributed by atoms with Crippen molar-refractivity contribution in [3.05, 3.63) is 55.3 Å². The molecule has 8 heteroatoms. The average molecular weight is 512 g/mol. The zero-order chi connectivity index (χ0) is 16.1. The fraction of sp³-hybridized carbons (Fsp3) is 0.0714. The summed E-state index contributed by atoms with van der Waals surface area (Å²) in [4.78, 5) is 4.40. The van der Waals surface area contributed by atoms with E-state index in [2.05, 4.69) is 43.5 Å². The number of halogens is 3. The minimum absolute atomic E-state index is 0.203. The van der Waals surface area contributed by atoms with Crippen molar-refractivity contribution >= 4 is 71.2 Å². The van der Waals surface area contributed by atoms with Crippen molar-refractivity contribution in [2.75, 3.05) is 0 Å². The zero-order valence-corrected chi connectivity index (χ0v) is 16.5. The van der Waals surface area contributed by atoms with E-state index in [-0.39, 0.29) is 4.90 Å². The molecule has 0 spiro atoms. The molecule has 3 aromatic rings. The van der Waals surface area contributed by atoms with Gasteiger partial charge in [0, 0.05) is 6.20 Å². The molecule has 0 aliphatic carbocycles. The summed E-state index contributed by atoms with van der Waals surface area (Å²) in [6.07, 6.45) is 1.49. The maximum atomic E-state index is 13.0. The molecule has 3 rings (SSSR count). The van der Waals surface area contributed by atoms with Gasteiger partial charge in [-0.25, -0.2) is 17.4 Å². The molecule has 1 aromatic carbocycles. The Hall–Kier alpha value is -0.640. The Morgan fingerprint density at radius 3 is 2.50 bits per heavy atom. The van der Waals surface area contributed by atoms with Crippen LogP contribution in [-0.4, -0.2) is 17.4 Å². The summed E-state index contributed by atoms with van der Waals surface area (Å²) in [7, 11) is -3.77. The summed E-state index contributed by atoms with van der Waals surface area (Å²) in [5, 5.41) is 1.08. The number of aryl methyl sites for hydroxylation is 1. The van der Waals surface area contributed by atoms with Gasteiger partial charge in [0.2, 0.25) is 0 Å². The Kier molecular flexibility index (Phi) is 4.26. The number of hydrogen-bond acceptors (Lipinski definition) is 3. The van der Waals surface area contributed by atoms with Crippen molar-refractivity contribution < 1.29 is 8.42 Å². The van der Waals surface area contributed by atoms with Crippen LogP contribution in [-0.2, 0) is 10.0 Å². The van der Waals surface area contributed by atoms with Gasteiger partial charge in [-0.1, -0.05) is 29.3 Å². The number of aromatic nitrogens is 2. The van der Waals surface area contributed by atoms with E-state index >= 15 is 0 Å². The highest BCUT2D eigenvalue weighted by Gasteiger charge is 2.26. The first kappa shape index (κ1) is 16.2. The van der Waals surface area contributed by atoms with E-state index in [0.29, 0.717) is 24.2 Å². The third-order valence-electron chi connectivity index (χ3n) is 3.21. The molecule has 0 N–H and O–H groups in total. The predicted molar refractivity (Wildman–Crippen MR) is 98.9 cm³/mol. The number of pyridine rings is 1. The molecule has 0 amide bonds. The molecule has 0 aliphatic rings. The standard InChI is InChI=1S/C14H9BrClIN2O2S/c1-8-2-4-9(5-3-8)22(20,21)19-13(15)12(17)11-10(16)6-7-18-14(11)19/h2-7H,1H3. The first-order chi connectivity index (χ1) is 10.3. The Morgan fingerprint density at radius 1 is 1.23 bits per heavy atom. The number of fused-ring (bicyclic) bond motifs is 1. The van der Waals surface area contributed by atoms with Crippen molar-refractivity contribution in [2.24, 2.45) is 0 Å². The second-order valence-electron chi connectivity index (χ2n) is 4.68. The Balaban J connectivity index is 2.37. The smallest absolute Gasteiger partial charge is 0.237 e. The summed E-state index contributed by atoms with van der Waals surface area (Å²) in [5.74, 6) is 0. The van der Waals surface area contributed by atoms with Gasteiger partial charge in [0.1, 0.15) is 4.60 Å². The van der Waals surface area contributed by atoms with E-state index in [1.165, 1.54) is 10.2 Å². The fourth-order valence-corrected chi connectivity index (χ4v) is 5.73. The highest BCUT2D eigenvalue weighted by molar-refractivity contribution is 14.1. The van der Waals surface area contributed by atoms with Crippen LogP contribution in [0.2, 0.25) is 5.02 Å². The third kappa shape index (κ3) is 2.47. The number of nitrogens with zero attached hydrogens (tertiary/aromatic N) is 2. The number of benzene rings is 1. The average Bonchev–Trinajstić information content (AvgIpc) is 2.73. The molecule has 0 radical (unpaired) electrons. The number of hydrogen-bond donors (Lipinski definition) is 0. The van der Waals surface area contributed by atoms with E-state index in [9.17, 15) is 8.42 Å². The van der Waals surface area contributed by atoms with Crippen LogP contribution in [0.15, 0.2) is 46.0 Å². The molecule has 0 saturated heterocycles. The van der Waals surface area contributed by atoms with Crippen molar-refractivity contribution in [1.29, 1.82) is 0 Å². The lowest BCUT2D eigenvalue weighted by Gasteiger charge is -2.08. The van der Waals surface area contributed by atoms with E-state index in [0.717, 1.165) is 5.56 Å². The highest BCUT2D eigenvalue weighted by Crippen LogP contribution is 2.37. The van der Waals surface area contributed by atoms with Gasteiger partial charge in [-0.3, -0.25) is 0 Å². The van der Waals surface area contributed by atoms with Gasteiger partial charge in [0.05, 0.1) is 18.9 Å². The SMILES string of the molecule is Cc1ccc(S(=O)(=O)n2c(Br)c(I)c3c(Cl)ccnc32)cc1. The summed E-state index contributed by atoms with van der Waals surface area (Å²) < 4.78 is 28.2. The van der Waals surface area contributed by atoms with E-state index < -0.39 is 10.0 Å². The predicted octanol–water partition coefficient (Wildman–Crippen LogP) is 4.60. The van der Waals surface area contributed by atoms with Crippen LogP contribution in [0.5, 0.6) is 0 Å². The molecule has 2 aromatic heterocycles. The largest absolute Gasteiger partial charge is 0.270 e. The lowest BCUT2D eigenvalue weighted by Crippen LogP contribution is -2.13. The summed E-state index contributed by atoms with van der Waals surface area (Å²) in [5.41, 5.74) is 1.30. The maximum absolute atomic E-state index is 13.0. The maximum Gasteiger partial charge on any atom is 0.270 e. The Labute approximate surface area is 154 Å². The van der Waals surface area contributed by atoms with Gasteiger partial charge >= 0.3 is 0 Å². The molecule has 0 fully saturated rings. The van der Waals surface area contributed by atoms with Gasteiger partial charge in [-0.05, 0) is 63.6 Å². The van der Waals surface area contributed by atoms with Crippen LogP contribution in [0.4, 0.5) is 0 Å². The van der Waals surface area contributed by atoms with Crippen LogP contribution in [0.25, 0.3) is 11.0 Å². The molecule has 0 atom stereocenters. The van der Waals surface area contributed by atoms with Crippen LogP contribution in [0.1, 0.15) is 5.56 Å². The Bertz CT molecular complexity index is 984. The molecular formula is C14H9BrClIN2O2S. The zero-order valence-electron chi connectivity index (χ0n) is 11.2. The summed E-state index contributed by atoms with van der Waals surface area (Å²) in [6.45, 7) is 1.90. The van der Waals surface area contributed by atoms with Gasteiger partial charge in [-0.2, -0.15) is 0 Å². The van der Waals surface area contributed by atoms with Crippen LogP contribution in [0.3, 0.4) is 0 Å². The minimum atomic E-state index is -3.77. The monoisotopic (exact) mass is 510 g/mol. The van der Waals surface area contributed by atoms with E-state index in [1.807, 2.05) is 6.92 Å². The van der Waals surface area contributed by atoms with E-state index in [1.54, 1.807) is 30.3 Å². The molecular weight excluding hydrogens is 502 g/mol. The van der Waals surface area contributed by atoms with Crippen molar-refractivity contribution in [3.63, 3.8) is 0 Å². The van der Waals surface area contributed by atoms with E-state index in [4.69, 9.17) is 11.6 Å². The summed E-state index contributed by atoms with van der Waals surface area (Å²) in [6, 6.07) is 8.33. The van der Waals surface area contributed by atoms with Crippen LogP contribution in [0, 0.1) is 10.5 Å². The molecule has 0 saturated carbocycles. The molecule has 4 nitrogen and oxygen atoms in total. The van der Waals surface area contributed by atoms with Crippen LogP contribution < -0.4 is 0 Å². The Morgan fingerprint density at radius 2 is 1.86 bits per heavy atom. The molecule has 0 unspecified atom stereocenters. The second-order valence-corrected chi connectivity index (χ2v) is 8.70. The lowest BCUT2D eigenvalue weighted by atomic mass is 10.2. The first-order valence-corrected chi connectivity index (χ1v) is 9.85. The molecule has 0 aliphatic heterocycles. The normalized spacial score (nSPS) is 12.0. The highest BCUT2D eigenvalue weighted by atomic mass is 127. The minimum Gasteiger partial charge on any atom is -0.237 e. The van der Waals surface area contributed by atoms with Gasteiger partial charge < -0.3 is 0 Å². The van der Waals surface area contributed by atoms with Crippen LogP contribution >= 0.6 is 50.1 Å². The topological polar surface area (TPSA) is 52.0 Å².